The van der Waals surface area contributed by atoms with E-state index in [9.17, 15) is 0 Å². The van der Waals surface area contributed by atoms with E-state index >= 15 is 0 Å². The molecule has 0 amide bonds. The molecule has 0 spiro atoms. The summed E-state index contributed by atoms with van der Waals surface area (Å²) >= 11 is 5.87. The molecule has 7 heteroatoms. The van der Waals surface area contributed by atoms with Crippen LogP contribution >= 0.6 is 11.6 Å². The Balaban J connectivity index is 1.85. The lowest BCUT2D eigenvalue weighted by atomic mass is 10.1. The minimum atomic E-state index is -0.774. The molecule has 0 saturated carbocycles. The normalized spacial score (nSPS) is 11.6. The molecule has 2 aromatic heterocycles. The van der Waals surface area contributed by atoms with Crippen LogP contribution in [0.4, 0.5) is 0 Å². The molecule has 2 heterocycles. The fraction of sp³-hybridized carbons (Fsp3) is 0.267. The zero-order chi connectivity index (χ0) is 15.7. The van der Waals surface area contributed by atoms with Gasteiger partial charge in [-0.25, -0.2) is 4.98 Å². The lowest BCUT2D eigenvalue weighted by Crippen LogP contribution is -2.25. The number of nitrogens with zero attached hydrogens (tertiary/aromatic N) is 4. The molecule has 0 aliphatic rings. The van der Waals surface area contributed by atoms with Gasteiger partial charge in [0, 0.05) is 24.5 Å². The van der Waals surface area contributed by atoms with E-state index in [0.717, 1.165) is 0 Å². The number of benzene rings is 1. The Kier molecular flexibility index (Phi) is 3.62. The highest BCUT2D eigenvalue weighted by Crippen LogP contribution is 2.28. The van der Waals surface area contributed by atoms with Gasteiger partial charge in [-0.2, -0.15) is 4.98 Å². The molecule has 0 atom stereocenters. The van der Waals surface area contributed by atoms with Crippen LogP contribution in [0.2, 0.25) is 5.02 Å². The van der Waals surface area contributed by atoms with Crippen LogP contribution in [0.25, 0.3) is 11.6 Å². The molecule has 1 aromatic carbocycles. The highest BCUT2D eigenvalue weighted by molar-refractivity contribution is 6.30. The van der Waals surface area contributed by atoms with Crippen molar-refractivity contribution in [2.45, 2.75) is 19.4 Å². The molecule has 0 bridgehead atoms. The van der Waals surface area contributed by atoms with Crippen molar-refractivity contribution in [3.8, 4) is 17.4 Å². The van der Waals surface area contributed by atoms with Crippen molar-refractivity contribution in [2.75, 3.05) is 0 Å². The highest BCUT2D eigenvalue weighted by Gasteiger charge is 2.30. The molecule has 0 radical (unpaired) electrons. The molecule has 0 N–H and O–H groups in total. The van der Waals surface area contributed by atoms with Crippen molar-refractivity contribution in [3.63, 3.8) is 0 Å². The molecule has 22 heavy (non-hydrogen) atoms. The van der Waals surface area contributed by atoms with Gasteiger partial charge in [-0.05, 0) is 38.1 Å². The summed E-state index contributed by atoms with van der Waals surface area (Å²) in [5.41, 5.74) is -0.774. The highest BCUT2D eigenvalue weighted by atomic mass is 35.5. The van der Waals surface area contributed by atoms with Crippen molar-refractivity contribution in [2.24, 2.45) is 7.05 Å². The number of aromatic nitrogens is 4. The molecule has 0 aliphatic carbocycles. The predicted molar refractivity (Wildman–Crippen MR) is 81.6 cm³/mol. The molecule has 0 fully saturated rings. The van der Waals surface area contributed by atoms with Crippen molar-refractivity contribution in [3.05, 3.63) is 47.6 Å². The summed E-state index contributed by atoms with van der Waals surface area (Å²) in [6.07, 6.45) is 3.50. The molecule has 0 aliphatic heterocycles. The first-order valence-corrected chi connectivity index (χ1v) is 7.10. The maximum Gasteiger partial charge on any atom is 0.270 e. The van der Waals surface area contributed by atoms with Gasteiger partial charge in [-0.1, -0.05) is 16.8 Å². The largest absolute Gasteiger partial charge is 0.478 e. The van der Waals surface area contributed by atoms with Crippen LogP contribution in [0.3, 0.4) is 0 Å². The summed E-state index contributed by atoms with van der Waals surface area (Å²) in [5.74, 6) is 2.11. The molecule has 114 valence electrons. The number of imidazole rings is 1. The third-order valence-electron chi connectivity index (χ3n) is 3.15. The monoisotopic (exact) mass is 318 g/mol. The van der Waals surface area contributed by atoms with E-state index in [1.807, 2.05) is 31.7 Å². The number of aryl methyl sites for hydroxylation is 1. The van der Waals surface area contributed by atoms with Crippen LogP contribution in [-0.4, -0.2) is 19.7 Å². The second-order valence-corrected chi connectivity index (χ2v) is 5.79. The maximum atomic E-state index is 5.92. The first kappa shape index (κ1) is 14.6. The predicted octanol–water partition coefficient (Wildman–Crippen LogP) is 3.44. The van der Waals surface area contributed by atoms with Crippen LogP contribution in [-0.2, 0) is 12.6 Å². The third-order valence-corrected chi connectivity index (χ3v) is 3.40. The molecule has 3 rings (SSSR count). The van der Waals surface area contributed by atoms with E-state index in [-0.39, 0.29) is 0 Å². The van der Waals surface area contributed by atoms with Gasteiger partial charge in [0.25, 0.3) is 5.89 Å². The zero-order valence-electron chi connectivity index (χ0n) is 12.4. The quantitative estimate of drug-likeness (QED) is 0.737. The number of halogens is 1. The van der Waals surface area contributed by atoms with Gasteiger partial charge in [0.1, 0.15) is 5.75 Å². The third kappa shape index (κ3) is 2.82. The minimum absolute atomic E-state index is 0.375. The van der Waals surface area contributed by atoms with Crippen molar-refractivity contribution >= 4 is 11.6 Å². The van der Waals surface area contributed by atoms with E-state index in [4.69, 9.17) is 20.9 Å². The Morgan fingerprint density at radius 1 is 1.23 bits per heavy atom. The summed E-state index contributed by atoms with van der Waals surface area (Å²) < 4.78 is 13.1. The summed E-state index contributed by atoms with van der Waals surface area (Å²) in [4.78, 5) is 8.58. The van der Waals surface area contributed by atoms with Crippen LogP contribution < -0.4 is 4.74 Å². The fourth-order valence-electron chi connectivity index (χ4n) is 1.98. The van der Waals surface area contributed by atoms with E-state index in [0.29, 0.717) is 28.3 Å². The van der Waals surface area contributed by atoms with Gasteiger partial charge < -0.3 is 13.8 Å². The fourth-order valence-corrected chi connectivity index (χ4v) is 2.11. The molecular formula is C15H15ClN4O2. The minimum Gasteiger partial charge on any atom is -0.478 e. The van der Waals surface area contributed by atoms with Crippen LogP contribution in [0.1, 0.15) is 19.7 Å². The Labute approximate surface area is 132 Å². The number of rotatable bonds is 4. The van der Waals surface area contributed by atoms with Gasteiger partial charge in [-0.3, -0.25) is 0 Å². The second-order valence-electron chi connectivity index (χ2n) is 5.35. The summed E-state index contributed by atoms with van der Waals surface area (Å²) in [6, 6.07) is 7.11. The zero-order valence-corrected chi connectivity index (χ0v) is 13.2. The van der Waals surface area contributed by atoms with Gasteiger partial charge in [-0.15, -0.1) is 0 Å². The first-order chi connectivity index (χ1) is 10.5. The Morgan fingerprint density at radius 2 is 1.95 bits per heavy atom. The Bertz CT molecular complexity index is 777. The van der Waals surface area contributed by atoms with Crippen LogP contribution in [0, 0.1) is 0 Å². The Morgan fingerprint density at radius 3 is 2.59 bits per heavy atom. The van der Waals surface area contributed by atoms with E-state index in [1.54, 1.807) is 30.5 Å². The standard InChI is InChI=1S/C15H15ClN4O2/c1-15(2,21-11-6-4-10(16)5-7-11)14-18-12(19-22-14)13-17-8-9-20(13)3/h4-9H,1-3H3. The lowest BCUT2D eigenvalue weighted by Gasteiger charge is -2.22. The van der Waals surface area contributed by atoms with Crippen molar-refractivity contribution < 1.29 is 9.26 Å². The number of ether oxygens (including phenoxy) is 1. The lowest BCUT2D eigenvalue weighted by molar-refractivity contribution is 0.0692. The summed E-state index contributed by atoms with van der Waals surface area (Å²) in [7, 11) is 1.87. The molecule has 0 saturated heterocycles. The average molecular weight is 319 g/mol. The summed E-state index contributed by atoms with van der Waals surface area (Å²) in [6.45, 7) is 3.72. The maximum absolute atomic E-state index is 5.92. The smallest absolute Gasteiger partial charge is 0.270 e. The molecular weight excluding hydrogens is 304 g/mol. The van der Waals surface area contributed by atoms with Gasteiger partial charge in [0.15, 0.2) is 11.4 Å². The molecule has 6 nitrogen and oxygen atoms in total. The van der Waals surface area contributed by atoms with Gasteiger partial charge >= 0.3 is 0 Å². The SMILES string of the molecule is Cn1ccnc1-c1noc(C(C)(C)Oc2ccc(Cl)cc2)n1. The van der Waals surface area contributed by atoms with Crippen LogP contribution in [0.5, 0.6) is 5.75 Å². The number of hydrogen-bond donors (Lipinski definition) is 0. The first-order valence-electron chi connectivity index (χ1n) is 6.72. The van der Waals surface area contributed by atoms with Crippen LogP contribution in [0.15, 0.2) is 41.2 Å². The van der Waals surface area contributed by atoms with E-state index < -0.39 is 5.60 Å². The summed E-state index contributed by atoms with van der Waals surface area (Å²) in [5, 5.41) is 4.62. The van der Waals surface area contributed by atoms with Gasteiger partial charge in [0.2, 0.25) is 5.82 Å². The van der Waals surface area contributed by atoms with E-state index in [2.05, 4.69) is 15.1 Å². The molecule has 0 unspecified atom stereocenters. The van der Waals surface area contributed by atoms with E-state index in [1.165, 1.54) is 0 Å². The number of hydrogen-bond acceptors (Lipinski definition) is 5. The average Bonchev–Trinajstić information content (AvgIpc) is 3.10. The second kappa shape index (κ2) is 5.46. The van der Waals surface area contributed by atoms with Gasteiger partial charge in [0.05, 0.1) is 0 Å². The molecule has 3 aromatic rings. The van der Waals surface area contributed by atoms with Crippen molar-refractivity contribution in [1.29, 1.82) is 0 Å². The Hall–Kier alpha value is -2.34. The van der Waals surface area contributed by atoms with Crippen molar-refractivity contribution in [1.82, 2.24) is 19.7 Å². The topological polar surface area (TPSA) is 66.0 Å².